The Labute approximate surface area is 107 Å². The SMILES string of the molecule is Cc1cc(OCc2cn3ccsc3n2)ccc1F. The lowest BCUT2D eigenvalue weighted by atomic mass is 10.2. The van der Waals surface area contributed by atoms with Gasteiger partial charge < -0.3 is 4.74 Å². The molecule has 2 aromatic heterocycles. The van der Waals surface area contributed by atoms with Crippen molar-refractivity contribution in [1.82, 2.24) is 9.38 Å². The molecule has 0 saturated heterocycles. The van der Waals surface area contributed by atoms with Gasteiger partial charge in [0.05, 0.1) is 5.69 Å². The molecule has 0 aliphatic carbocycles. The van der Waals surface area contributed by atoms with Crippen molar-refractivity contribution < 1.29 is 9.13 Å². The van der Waals surface area contributed by atoms with Crippen molar-refractivity contribution in [3.05, 3.63) is 53.0 Å². The van der Waals surface area contributed by atoms with E-state index in [1.54, 1.807) is 30.4 Å². The second-order valence-corrected chi connectivity index (χ2v) is 4.90. The lowest BCUT2D eigenvalue weighted by molar-refractivity contribution is 0.301. The third-order valence-corrected chi connectivity index (χ3v) is 3.43. The van der Waals surface area contributed by atoms with Crippen LogP contribution in [0.2, 0.25) is 0 Å². The van der Waals surface area contributed by atoms with Crippen LogP contribution < -0.4 is 4.74 Å². The van der Waals surface area contributed by atoms with Crippen LogP contribution in [0.3, 0.4) is 0 Å². The second-order valence-electron chi connectivity index (χ2n) is 4.02. The van der Waals surface area contributed by atoms with Crippen LogP contribution in [0.5, 0.6) is 5.75 Å². The molecule has 0 spiro atoms. The predicted molar refractivity (Wildman–Crippen MR) is 68.5 cm³/mol. The third kappa shape index (κ3) is 2.09. The number of thiazole rings is 1. The van der Waals surface area contributed by atoms with Crippen LogP contribution in [-0.2, 0) is 6.61 Å². The zero-order valence-electron chi connectivity index (χ0n) is 9.76. The Morgan fingerprint density at radius 3 is 3.11 bits per heavy atom. The molecule has 0 fully saturated rings. The van der Waals surface area contributed by atoms with Crippen molar-refractivity contribution in [2.75, 3.05) is 0 Å². The van der Waals surface area contributed by atoms with Crippen molar-refractivity contribution in [2.45, 2.75) is 13.5 Å². The smallest absolute Gasteiger partial charge is 0.193 e. The molecule has 0 radical (unpaired) electrons. The first-order chi connectivity index (χ1) is 8.72. The molecule has 0 aliphatic rings. The summed E-state index contributed by atoms with van der Waals surface area (Å²) in [4.78, 5) is 5.36. The van der Waals surface area contributed by atoms with Crippen LogP contribution in [0.15, 0.2) is 36.0 Å². The summed E-state index contributed by atoms with van der Waals surface area (Å²) in [5, 5.41) is 1.98. The lowest BCUT2D eigenvalue weighted by Gasteiger charge is -2.05. The molecule has 92 valence electrons. The van der Waals surface area contributed by atoms with E-state index < -0.39 is 0 Å². The van der Waals surface area contributed by atoms with Gasteiger partial charge in [0.25, 0.3) is 0 Å². The molecule has 18 heavy (non-hydrogen) atoms. The Kier molecular flexibility index (Phi) is 2.76. The van der Waals surface area contributed by atoms with E-state index in [0.29, 0.717) is 17.9 Å². The molecule has 0 bridgehead atoms. The van der Waals surface area contributed by atoms with Gasteiger partial charge in [0.2, 0.25) is 0 Å². The summed E-state index contributed by atoms with van der Waals surface area (Å²) in [7, 11) is 0. The van der Waals surface area contributed by atoms with E-state index in [2.05, 4.69) is 4.98 Å². The molecule has 0 saturated carbocycles. The van der Waals surface area contributed by atoms with E-state index in [9.17, 15) is 4.39 Å². The zero-order valence-corrected chi connectivity index (χ0v) is 10.6. The molecule has 3 aromatic rings. The third-order valence-electron chi connectivity index (χ3n) is 2.66. The quantitative estimate of drug-likeness (QED) is 0.723. The lowest BCUT2D eigenvalue weighted by Crippen LogP contribution is -1.96. The predicted octanol–water partition coefficient (Wildman–Crippen LogP) is 3.42. The van der Waals surface area contributed by atoms with E-state index in [1.807, 2.05) is 22.2 Å². The average molecular weight is 262 g/mol. The van der Waals surface area contributed by atoms with Gasteiger partial charge in [-0.25, -0.2) is 9.37 Å². The second kappa shape index (κ2) is 4.42. The molecule has 2 heterocycles. The van der Waals surface area contributed by atoms with Gasteiger partial charge in [-0.15, -0.1) is 11.3 Å². The molecule has 0 N–H and O–H groups in total. The standard InChI is InChI=1S/C13H11FN2OS/c1-9-6-11(2-3-12(9)14)17-8-10-7-16-4-5-18-13(16)15-10/h2-7H,8H2,1H3. The fourth-order valence-electron chi connectivity index (χ4n) is 1.71. The van der Waals surface area contributed by atoms with Gasteiger partial charge in [0, 0.05) is 17.8 Å². The van der Waals surface area contributed by atoms with Crippen LogP contribution in [0.1, 0.15) is 11.3 Å². The van der Waals surface area contributed by atoms with E-state index >= 15 is 0 Å². The number of benzene rings is 1. The van der Waals surface area contributed by atoms with Crippen molar-refractivity contribution in [2.24, 2.45) is 0 Å². The highest BCUT2D eigenvalue weighted by molar-refractivity contribution is 7.15. The Morgan fingerprint density at radius 1 is 1.44 bits per heavy atom. The zero-order chi connectivity index (χ0) is 12.5. The van der Waals surface area contributed by atoms with E-state index in [-0.39, 0.29) is 5.82 Å². The average Bonchev–Trinajstić information content (AvgIpc) is 2.91. The summed E-state index contributed by atoms with van der Waals surface area (Å²) in [6.07, 6.45) is 3.89. The monoisotopic (exact) mass is 262 g/mol. The Balaban J connectivity index is 1.73. The first-order valence-corrected chi connectivity index (χ1v) is 6.40. The minimum atomic E-state index is -0.218. The molecule has 0 atom stereocenters. The molecule has 0 unspecified atom stereocenters. The Hall–Kier alpha value is -1.88. The van der Waals surface area contributed by atoms with Gasteiger partial charge in [0.15, 0.2) is 4.96 Å². The van der Waals surface area contributed by atoms with E-state index in [1.165, 1.54) is 6.07 Å². The number of imidazole rings is 1. The molecular weight excluding hydrogens is 251 g/mol. The van der Waals surface area contributed by atoms with Gasteiger partial charge in [-0.3, -0.25) is 4.40 Å². The van der Waals surface area contributed by atoms with Crippen LogP contribution in [0, 0.1) is 12.7 Å². The van der Waals surface area contributed by atoms with Gasteiger partial charge >= 0.3 is 0 Å². The van der Waals surface area contributed by atoms with Crippen LogP contribution in [0.25, 0.3) is 4.96 Å². The first kappa shape index (κ1) is 11.2. The summed E-state index contributed by atoms with van der Waals surface area (Å²) < 4.78 is 20.6. The highest BCUT2D eigenvalue weighted by Crippen LogP contribution is 2.18. The van der Waals surface area contributed by atoms with Crippen molar-refractivity contribution in [3.63, 3.8) is 0 Å². The van der Waals surface area contributed by atoms with Crippen LogP contribution in [0.4, 0.5) is 4.39 Å². The number of rotatable bonds is 3. The molecule has 0 amide bonds. The minimum Gasteiger partial charge on any atom is -0.487 e. The number of aromatic nitrogens is 2. The maximum absolute atomic E-state index is 13.1. The van der Waals surface area contributed by atoms with Gasteiger partial charge in [-0.1, -0.05) is 0 Å². The number of halogens is 1. The molecular formula is C13H11FN2OS. The van der Waals surface area contributed by atoms with E-state index in [0.717, 1.165) is 10.7 Å². The van der Waals surface area contributed by atoms with Crippen molar-refractivity contribution >= 4 is 16.3 Å². The molecule has 5 heteroatoms. The number of hydrogen-bond acceptors (Lipinski definition) is 3. The fraction of sp³-hybridized carbons (Fsp3) is 0.154. The van der Waals surface area contributed by atoms with Gasteiger partial charge in [-0.05, 0) is 30.7 Å². The van der Waals surface area contributed by atoms with E-state index in [4.69, 9.17) is 4.74 Å². The van der Waals surface area contributed by atoms with Gasteiger partial charge in [-0.2, -0.15) is 0 Å². The number of fused-ring (bicyclic) bond motifs is 1. The molecule has 1 aromatic carbocycles. The van der Waals surface area contributed by atoms with Crippen LogP contribution in [-0.4, -0.2) is 9.38 Å². The maximum Gasteiger partial charge on any atom is 0.193 e. The van der Waals surface area contributed by atoms with Crippen molar-refractivity contribution in [1.29, 1.82) is 0 Å². The minimum absolute atomic E-state index is 0.218. The number of ether oxygens (including phenoxy) is 1. The summed E-state index contributed by atoms with van der Waals surface area (Å²) in [5.74, 6) is 0.440. The highest BCUT2D eigenvalue weighted by atomic mass is 32.1. The first-order valence-electron chi connectivity index (χ1n) is 5.52. The normalized spacial score (nSPS) is 11.0. The molecule has 3 nitrogen and oxygen atoms in total. The fourth-order valence-corrected chi connectivity index (χ4v) is 2.43. The van der Waals surface area contributed by atoms with Crippen molar-refractivity contribution in [3.8, 4) is 5.75 Å². The van der Waals surface area contributed by atoms with Gasteiger partial charge in [0.1, 0.15) is 18.2 Å². The summed E-state index contributed by atoms with van der Waals surface area (Å²) in [6, 6.07) is 4.73. The maximum atomic E-state index is 13.1. The molecule has 0 aliphatic heterocycles. The topological polar surface area (TPSA) is 26.5 Å². The Morgan fingerprint density at radius 2 is 2.33 bits per heavy atom. The summed E-state index contributed by atoms with van der Waals surface area (Å²) >= 11 is 1.58. The molecule has 3 rings (SSSR count). The number of aryl methyl sites for hydroxylation is 1. The summed E-state index contributed by atoms with van der Waals surface area (Å²) in [5.41, 5.74) is 1.45. The number of hydrogen-bond donors (Lipinski definition) is 0. The number of nitrogens with zero attached hydrogens (tertiary/aromatic N) is 2. The highest BCUT2D eigenvalue weighted by Gasteiger charge is 2.04. The largest absolute Gasteiger partial charge is 0.487 e. The summed E-state index contributed by atoms with van der Waals surface area (Å²) in [6.45, 7) is 2.11. The Bertz CT molecular complexity index is 661. The van der Waals surface area contributed by atoms with Crippen LogP contribution >= 0.6 is 11.3 Å².